The molecule has 0 unspecified atom stereocenters. The zero-order valence-corrected chi connectivity index (χ0v) is 22.2. The highest BCUT2D eigenvalue weighted by Gasteiger charge is 2.07. The second-order valence-corrected chi connectivity index (χ2v) is 8.52. The molecule has 31 heavy (non-hydrogen) atoms. The summed E-state index contributed by atoms with van der Waals surface area (Å²) in [6, 6.07) is 13.6. The summed E-state index contributed by atoms with van der Waals surface area (Å²) < 4.78 is 0. The summed E-state index contributed by atoms with van der Waals surface area (Å²) >= 11 is 7.65. The summed E-state index contributed by atoms with van der Waals surface area (Å²) in [5.41, 5.74) is 0.858. The molecule has 0 aliphatic carbocycles. The van der Waals surface area contributed by atoms with E-state index in [4.69, 9.17) is 11.6 Å². The minimum absolute atomic E-state index is 0. The molecule has 7 nitrogen and oxygen atoms in total. The van der Waals surface area contributed by atoms with Crippen LogP contribution in [0, 0.1) is 0 Å². The van der Waals surface area contributed by atoms with E-state index in [0.717, 1.165) is 27.2 Å². The molecule has 0 aliphatic rings. The van der Waals surface area contributed by atoms with Gasteiger partial charge in [0.05, 0.1) is 18.8 Å². The van der Waals surface area contributed by atoms with Crippen molar-refractivity contribution in [2.24, 2.45) is 4.99 Å². The standard InChI is InChI=1S/C21H29ClN6OS.HI/c1-27(2)19-7-5-6-17(26-19)14-24-21(25-15-20(29)28(3)4)23-12-13-30-18-10-8-16(22)9-11-18;/h5-11H,12-15H2,1-4H3,(H2,23,24,25);1H. The third-order valence-corrected chi connectivity index (χ3v) is 5.30. The number of pyridine rings is 1. The maximum absolute atomic E-state index is 11.9. The minimum atomic E-state index is -0.0206. The number of hydrogen-bond donors (Lipinski definition) is 2. The third-order valence-electron chi connectivity index (χ3n) is 4.03. The van der Waals surface area contributed by atoms with Gasteiger partial charge in [-0.05, 0) is 36.4 Å². The number of nitrogens with zero attached hydrogens (tertiary/aromatic N) is 4. The average molecular weight is 577 g/mol. The Morgan fingerprint density at radius 3 is 2.45 bits per heavy atom. The predicted octanol–water partition coefficient (Wildman–Crippen LogP) is 3.33. The number of thioether (sulfide) groups is 1. The summed E-state index contributed by atoms with van der Waals surface area (Å²) in [7, 11) is 7.37. The van der Waals surface area contributed by atoms with E-state index in [1.54, 1.807) is 30.8 Å². The molecule has 1 heterocycles. The Bertz CT molecular complexity index is 848. The molecule has 1 aromatic heterocycles. The van der Waals surface area contributed by atoms with Crippen molar-refractivity contribution in [1.82, 2.24) is 20.5 Å². The van der Waals surface area contributed by atoms with Crippen LogP contribution in [-0.4, -0.2) is 68.8 Å². The first-order chi connectivity index (χ1) is 14.3. The number of nitrogens with one attached hydrogen (secondary N) is 2. The van der Waals surface area contributed by atoms with Crippen molar-refractivity contribution in [1.29, 1.82) is 0 Å². The number of carbonyl (C=O) groups is 1. The highest BCUT2D eigenvalue weighted by Crippen LogP contribution is 2.19. The number of hydrogen-bond acceptors (Lipinski definition) is 5. The monoisotopic (exact) mass is 576 g/mol. The molecule has 2 N–H and O–H groups in total. The first-order valence-corrected chi connectivity index (χ1v) is 11.0. The van der Waals surface area contributed by atoms with E-state index in [1.165, 1.54) is 0 Å². The zero-order valence-electron chi connectivity index (χ0n) is 18.3. The number of aromatic nitrogens is 1. The van der Waals surface area contributed by atoms with Crippen LogP contribution in [0.2, 0.25) is 5.02 Å². The lowest BCUT2D eigenvalue weighted by Crippen LogP contribution is -2.43. The molecule has 0 saturated heterocycles. The normalized spacial score (nSPS) is 10.8. The molecule has 0 atom stereocenters. The van der Waals surface area contributed by atoms with Crippen molar-refractivity contribution >= 4 is 65.0 Å². The molecule has 0 aliphatic heterocycles. The van der Waals surface area contributed by atoms with Crippen LogP contribution in [0.1, 0.15) is 5.69 Å². The highest BCUT2D eigenvalue weighted by molar-refractivity contribution is 14.0. The number of benzene rings is 1. The van der Waals surface area contributed by atoms with Gasteiger partial charge in [-0.25, -0.2) is 9.98 Å². The maximum atomic E-state index is 11.9. The van der Waals surface area contributed by atoms with E-state index in [9.17, 15) is 4.79 Å². The number of likely N-dealkylation sites (N-methyl/N-ethyl adjacent to an activating group) is 1. The van der Waals surface area contributed by atoms with E-state index in [1.807, 2.05) is 61.5 Å². The fraction of sp³-hybridized carbons (Fsp3) is 0.381. The van der Waals surface area contributed by atoms with E-state index in [2.05, 4.69) is 20.6 Å². The van der Waals surface area contributed by atoms with Crippen molar-refractivity contribution in [3.05, 3.63) is 53.2 Å². The first-order valence-electron chi connectivity index (χ1n) is 9.59. The molecule has 2 rings (SSSR count). The second-order valence-electron chi connectivity index (χ2n) is 6.92. The van der Waals surface area contributed by atoms with Crippen LogP contribution in [-0.2, 0) is 11.3 Å². The molecule has 170 valence electrons. The Kier molecular flexibility index (Phi) is 12.7. The summed E-state index contributed by atoms with van der Waals surface area (Å²) in [5.74, 6) is 2.29. The van der Waals surface area contributed by atoms with Gasteiger partial charge in [0.2, 0.25) is 5.91 Å². The Labute approximate surface area is 211 Å². The van der Waals surface area contributed by atoms with Crippen LogP contribution >= 0.6 is 47.3 Å². The first kappa shape index (κ1) is 27.3. The van der Waals surface area contributed by atoms with Crippen LogP contribution in [0.4, 0.5) is 5.82 Å². The fourth-order valence-electron chi connectivity index (χ4n) is 2.32. The van der Waals surface area contributed by atoms with E-state index >= 15 is 0 Å². The van der Waals surface area contributed by atoms with Crippen molar-refractivity contribution in [2.75, 3.05) is 51.9 Å². The highest BCUT2D eigenvalue weighted by atomic mass is 127. The van der Waals surface area contributed by atoms with Gasteiger partial charge < -0.3 is 20.4 Å². The minimum Gasteiger partial charge on any atom is -0.363 e. The summed E-state index contributed by atoms with van der Waals surface area (Å²) in [5, 5.41) is 7.11. The van der Waals surface area contributed by atoms with Gasteiger partial charge in [-0.15, -0.1) is 35.7 Å². The van der Waals surface area contributed by atoms with Crippen LogP contribution in [0.25, 0.3) is 0 Å². The number of amides is 1. The molecule has 0 bridgehead atoms. The van der Waals surface area contributed by atoms with Gasteiger partial charge in [-0.3, -0.25) is 4.79 Å². The Hall–Kier alpha value is -1.72. The quantitative estimate of drug-likeness (QED) is 0.157. The number of rotatable bonds is 9. The molecule has 0 spiro atoms. The van der Waals surface area contributed by atoms with Gasteiger partial charge in [-0.1, -0.05) is 17.7 Å². The van der Waals surface area contributed by atoms with Crippen LogP contribution in [0.15, 0.2) is 52.4 Å². The average Bonchev–Trinajstić information content (AvgIpc) is 2.73. The van der Waals surface area contributed by atoms with Crippen LogP contribution in [0.5, 0.6) is 0 Å². The molecule has 0 fully saturated rings. The van der Waals surface area contributed by atoms with Gasteiger partial charge in [0.15, 0.2) is 5.96 Å². The number of carbonyl (C=O) groups excluding carboxylic acids is 1. The number of aliphatic imine (C=N–C) groups is 1. The maximum Gasteiger partial charge on any atom is 0.241 e. The zero-order chi connectivity index (χ0) is 21.9. The van der Waals surface area contributed by atoms with E-state index in [0.29, 0.717) is 19.0 Å². The molecule has 0 saturated carbocycles. The molecular formula is C21H30ClIN6OS. The third kappa shape index (κ3) is 10.4. The van der Waals surface area contributed by atoms with Crippen LogP contribution in [0.3, 0.4) is 0 Å². The SMILES string of the molecule is CN(C)C(=O)CNC(=NCc1cccc(N(C)C)n1)NCCSc1ccc(Cl)cc1.I. The van der Waals surface area contributed by atoms with E-state index < -0.39 is 0 Å². The van der Waals surface area contributed by atoms with Gasteiger partial charge >= 0.3 is 0 Å². The van der Waals surface area contributed by atoms with Gasteiger partial charge in [0.25, 0.3) is 0 Å². The topological polar surface area (TPSA) is 72.9 Å². The van der Waals surface area contributed by atoms with Crippen molar-refractivity contribution < 1.29 is 4.79 Å². The lowest BCUT2D eigenvalue weighted by atomic mass is 10.3. The molecule has 1 aromatic carbocycles. The van der Waals surface area contributed by atoms with Crippen molar-refractivity contribution in [2.45, 2.75) is 11.4 Å². The number of guanidine groups is 1. The molecular weight excluding hydrogens is 547 g/mol. The smallest absolute Gasteiger partial charge is 0.241 e. The second kappa shape index (κ2) is 14.4. The fourth-order valence-corrected chi connectivity index (χ4v) is 3.22. The Morgan fingerprint density at radius 2 is 1.81 bits per heavy atom. The lowest BCUT2D eigenvalue weighted by molar-refractivity contribution is -0.127. The number of anilines is 1. The summed E-state index contributed by atoms with van der Waals surface area (Å²) in [6.45, 7) is 1.28. The summed E-state index contributed by atoms with van der Waals surface area (Å²) in [6.07, 6.45) is 0. The Morgan fingerprint density at radius 1 is 1.10 bits per heavy atom. The number of halogens is 2. The lowest BCUT2D eigenvalue weighted by Gasteiger charge is -2.15. The molecule has 2 aromatic rings. The molecule has 0 radical (unpaired) electrons. The Balaban J connectivity index is 0.00000480. The van der Waals surface area contributed by atoms with E-state index in [-0.39, 0.29) is 36.4 Å². The van der Waals surface area contributed by atoms with Crippen molar-refractivity contribution in [3.8, 4) is 0 Å². The largest absolute Gasteiger partial charge is 0.363 e. The molecule has 10 heteroatoms. The molecule has 1 amide bonds. The van der Waals surface area contributed by atoms with Gasteiger partial charge in [-0.2, -0.15) is 0 Å². The van der Waals surface area contributed by atoms with Crippen molar-refractivity contribution in [3.63, 3.8) is 0 Å². The summed E-state index contributed by atoms with van der Waals surface area (Å²) in [4.78, 5) is 25.8. The predicted molar refractivity (Wildman–Crippen MR) is 142 cm³/mol. The van der Waals surface area contributed by atoms with Gasteiger partial charge in [0.1, 0.15) is 5.82 Å². The van der Waals surface area contributed by atoms with Gasteiger partial charge in [0, 0.05) is 50.4 Å². The van der Waals surface area contributed by atoms with Crippen LogP contribution < -0.4 is 15.5 Å².